The minimum Gasteiger partial charge on any atom is -0.340 e. The summed E-state index contributed by atoms with van der Waals surface area (Å²) in [5, 5.41) is 6.08. The van der Waals surface area contributed by atoms with Crippen molar-refractivity contribution in [1.29, 1.82) is 0 Å². The monoisotopic (exact) mass is 359 g/mol. The molecule has 0 bridgehead atoms. The van der Waals surface area contributed by atoms with Gasteiger partial charge in [-0.3, -0.25) is 9.59 Å². The van der Waals surface area contributed by atoms with Gasteiger partial charge in [-0.25, -0.2) is 4.98 Å². The fourth-order valence-corrected chi connectivity index (χ4v) is 2.72. The number of nitrogens with zero attached hydrogens (tertiary/aromatic N) is 1. The normalized spacial score (nSPS) is 10.3. The first-order valence-corrected chi connectivity index (χ1v) is 8.65. The molecule has 1 heterocycles. The molecule has 0 saturated carbocycles. The van der Waals surface area contributed by atoms with Crippen LogP contribution in [-0.4, -0.2) is 16.7 Å². The number of rotatable bonds is 5. The number of Topliss-reactive ketones (excluding diaryl/α,β-unsaturated/α-hetero) is 1. The quantitative estimate of drug-likeness (QED) is 0.636. The lowest BCUT2D eigenvalue weighted by molar-refractivity contribution is 0.101. The van der Waals surface area contributed by atoms with E-state index in [2.05, 4.69) is 21.7 Å². The second-order valence-electron chi connectivity index (χ2n) is 6.46. The Hall–Kier alpha value is -3.47. The summed E-state index contributed by atoms with van der Waals surface area (Å²) in [6.07, 6.45) is 1.60. The maximum atomic E-state index is 12.5. The Labute approximate surface area is 158 Å². The highest BCUT2D eigenvalue weighted by Gasteiger charge is 2.09. The van der Waals surface area contributed by atoms with Crippen molar-refractivity contribution in [1.82, 2.24) is 4.98 Å². The highest BCUT2D eigenvalue weighted by Crippen LogP contribution is 2.21. The highest BCUT2D eigenvalue weighted by atomic mass is 16.1. The van der Waals surface area contributed by atoms with Gasteiger partial charge < -0.3 is 10.6 Å². The molecule has 3 rings (SSSR count). The lowest BCUT2D eigenvalue weighted by atomic mass is 10.1. The molecule has 0 aliphatic rings. The van der Waals surface area contributed by atoms with E-state index in [0.717, 1.165) is 11.3 Å². The van der Waals surface area contributed by atoms with Crippen molar-refractivity contribution in [3.8, 4) is 0 Å². The Kier molecular flexibility index (Phi) is 5.31. The molecule has 0 saturated heterocycles. The smallest absolute Gasteiger partial charge is 0.255 e. The van der Waals surface area contributed by atoms with E-state index in [-0.39, 0.29) is 11.7 Å². The van der Waals surface area contributed by atoms with Gasteiger partial charge in [0.1, 0.15) is 5.82 Å². The van der Waals surface area contributed by atoms with Gasteiger partial charge in [0.15, 0.2) is 5.78 Å². The first kappa shape index (κ1) is 18.3. The minimum atomic E-state index is -0.239. The van der Waals surface area contributed by atoms with Crippen molar-refractivity contribution in [3.63, 3.8) is 0 Å². The number of ketones is 1. The lowest BCUT2D eigenvalue weighted by Gasteiger charge is -2.11. The number of anilines is 3. The van der Waals surface area contributed by atoms with Gasteiger partial charge >= 0.3 is 0 Å². The average molecular weight is 359 g/mol. The fraction of sp³-hybridized carbons (Fsp3) is 0.136. The number of carbonyl (C=O) groups excluding carboxylic acids is 2. The number of nitrogens with one attached hydrogen (secondary N) is 2. The maximum absolute atomic E-state index is 12.5. The largest absolute Gasteiger partial charge is 0.340 e. The van der Waals surface area contributed by atoms with Gasteiger partial charge in [-0.15, -0.1) is 0 Å². The molecular weight excluding hydrogens is 338 g/mol. The summed E-state index contributed by atoms with van der Waals surface area (Å²) in [4.78, 5) is 28.1. The van der Waals surface area contributed by atoms with Crippen LogP contribution in [0.4, 0.5) is 17.2 Å². The molecule has 0 aliphatic heterocycles. The Bertz CT molecular complexity index is 995. The molecule has 5 nitrogen and oxygen atoms in total. The molecule has 0 unspecified atom stereocenters. The van der Waals surface area contributed by atoms with Crippen LogP contribution in [0, 0.1) is 13.8 Å². The first-order chi connectivity index (χ1) is 12.9. The number of hydrogen-bond acceptors (Lipinski definition) is 4. The zero-order chi connectivity index (χ0) is 19.4. The molecule has 3 aromatic rings. The van der Waals surface area contributed by atoms with Crippen LogP contribution in [0.25, 0.3) is 0 Å². The summed E-state index contributed by atoms with van der Waals surface area (Å²) in [5.41, 5.74) is 4.98. The van der Waals surface area contributed by atoms with Crippen LogP contribution in [0.2, 0.25) is 0 Å². The molecule has 0 radical (unpaired) electrons. The van der Waals surface area contributed by atoms with Crippen LogP contribution in [-0.2, 0) is 0 Å². The molecule has 0 aliphatic carbocycles. The summed E-state index contributed by atoms with van der Waals surface area (Å²) in [6.45, 7) is 5.58. The van der Waals surface area contributed by atoms with Gasteiger partial charge in [0, 0.05) is 28.7 Å². The van der Waals surface area contributed by atoms with E-state index < -0.39 is 0 Å². The number of hydrogen-bond donors (Lipinski definition) is 2. The number of aryl methyl sites for hydroxylation is 2. The molecule has 0 spiro atoms. The molecule has 2 N–H and O–H groups in total. The van der Waals surface area contributed by atoms with Gasteiger partial charge in [0.25, 0.3) is 5.91 Å². The summed E-state index contributed by atoms with van der Waals surface area (Å²) in [6, 6.07) is 16.3. The molecule has 1 amide bonds. The van der Waals surface area contributed by atoms with Crippen LogP contribution in [0.1, 0.15) is 38.8 Å². The van der Waals surface area contributed by atoms with Crippen molar-refractivity contribution < 1.29 is 9.59 Å². The molecule has 27 heavy (non-hydrogen) atoms. The van der Waals surface area contributed by atoms with Crippen LogP contribution < -0.4 is 10.6 Å². The van der Waals surface area contributed by atoms with Crippen molar-refractivity contribution in [2.45, 2.75) is 20.8 Å². The predicted molar refractivity (Wildman–Crippen MR) is 108 cm³/mol. The number of benzene rings is 2. The first-order valence-electron chi connectivity index (χ1n) is 8.65. The third kappa shape index (κ3) is 4.58. The van der Waals surface area contributed by atoms with E-state index in [1.807, 2.05) is 26.0 Å². The second-order valence-corrected chi connectivity index (χ2v) is 6.46. The maximum Gasteiger partial charge on any atom is 0.255 e. The van der Waals surface area contributed by atoms with Crippen LogP contribution in [0.5, 0.6) is 0 Å². The molecule has 0 atom stereocenters. The lowest BCUT2D eigenvalue weighted by Crippen LogP contribution is -2.12. The van der Waals surface area contributed by atoms with Gasteiger partial charge in [-0.05, 0) is 68.8 Å². The SMILES string of the molecule is CC(=O)c1ccc(NC(=O)c2ccnc(Nc3ccc(C)cc3C)c2)cc1. The van der Waals surface area contributed by atoms with E-state index in [1.165, 1.54) is 12.5 Å². The summed E-state index contributed by atoms with van der Waals surface area (Å²) < 4.78 is 0. The molecule has 136 valence electrons. The molecular formula is C22H21N3O2. The summed E-state index contributed by atoms with van der Waals surface area (Å²) in [7, 11) is 0. The topological polar surface area (TPSA) is 71.1 Å². The average Bonchev–Trinajstić information content (AvgIpc) is 2.65. The summed E-state index contributed by atoms with van der Waals surface area (Å²) in [5.74, 6) is 0.349. The Balaban J connectivity index is 1.74. The second kappa shape index (κ2) is 7.83. The Morgan fingerprint density at radius 2 is 1.63 bits per heavy atom. The Morgan fingerprint density at radius 1 is 0.889 bits per heavy atom. The molecule has 5 heteroatoms. The summed E-state index contributed by atoms with van der Waals surface area (Å²) >= 11 is 0. The van der Waals surface area contributed by atoms with E-state index in [4.69, 9.17) is 0 Å². The third-order valence-electron chi connectivity index (χ3n) is 4.22. The molecule has 1 aromatic heterocycles. The zero-order valence-corrected chi connectivity index (χ0v) is 15.5. The van der Waals surface area contributed by atoms with Crippen molar-refractivity contribution in [3.05, 3.63) is 83.0 Å². The van der Waals surface area contributed by atoms with Crippen LogP contribution >= 0.6 is 0 Å². The van der Waals surface area contributed by atoms with Crippen molar-refractivity contribution in [2.75, 3.05) is 10.6 Å². The fourth-order valence-electron chi connectivity index (χ4n) is 2.72. The molecule has 0 fully saturated rings. The number of aromatic nitrogens is 1. The van der Waals surface area contributed by atoms with Crippen LogP contribution in [0.15, 0.2) is 60.8 Å². The van der Waals surface area contributed by atoms with Gasteiger partial charge in [0.05, 0.1) is 0 Å². The standard InChI is InChI=1S/C22H21N3O2/c1-14-4-9-20(15(2)12-14)25-21-13-18(10-11-23-21)22(27)24-19-7-5-17(6-8-19)16(3)26/h4-13H,1-3H3,(H,23,25)(H,24,27). The van der Waals surface area contributed by atoms with Crippen LogP contribution in [0.3, 0.4) is 0 Å². The highest BCUT2D eigenvalue weighted by molar-refractivity contribution is 6.05. The van der Waals surface area contributed by atoms with E-state index >= 15 is 0 Å². The number of carbonyl (C=O) groups is 2. The van der Waals surface area contributed by atoms with Crippen molar-refractivity contribution >= 4 is 28.9 Å². The van der Waals surface area contributed by atoms with Gasteiger partial charge in [-0.2, -0.15) is 0 Å². The number of amides is 1. The third-order valence-corrected chi connectivity index (χ3v) is 4.22. The minimum absolute atomic E-state index is 0.0101. The predicted octanol–water partition coefficient (Wildman–Crippen LogP) is 4.90. The Morgan fingerprint density at radius 3 is 2.30 bits per heavy atom. The van der Waals surface area contributed by atoms with Gasteiger partial charge in [0.2, 0.25) is 0 Å². The molecule has 2 aromatic carbocycles. The van der Waals surface area contributed by atoms with E-state index in [1.54, 1.807) is 42.6 Å². The van der Waals surface area contributed by atoms with E-state index in [0.29, 0.717) is 22.6 Å². The zero-order valence-electron chi connectivity index (χ0n) is 15.5. The van der Waals surface area contributed by atoms with Gasteiger partial charge in [-0.1, -0.05) is 17.7 Å². The van der Waals surface area contributed by atoms with Crippen molar-refractivity contribution in [2.24, 2.45) is 0 Å². The van der Waals surface area contributed by atoms with E-state index in [9.17, 15) is 9.59 Å². The number of pyridine rings is 1.